The number of carbonyl (C=O) groups is 1. The largest absolute Gasteiger partial charge is 0.289 e. The summed E-state index contributed by atoms with van der Waals surface area (Å²) in [6.45, 7) is 0. The van der Waals surface area contributed by atoms with Crippen LogP contribution in [0, 0.1) is 0 Å². The van der Waals surface area contributed by atoms with Gasteiger partial charge in [0.15, 0.2) is 5.78 Å². The number of nitrogens with zero attached hydrogens (tertiary/aromatic N) is 2. The van der Waals surface area contributed by atoms with Crippen molar-refractivity contribution in [3.05, 3.63) is 69.1 Å². The van der Waals surface area contributed by atoms with Crippen molar-refractivity contribution in [1.29, 1.82) is 0 Å². The lowest BCUT2D eigenvalue weighted by Crippen LogP contribution is -2.20. The van der Waals surface area contributed by atoms with E-state index >= 15 is 0 Å². The van der Waals surface area contributed by atoms with Crippen LogP contribution in [0.1, 0.15) is 15.9 Å². The molecule has 0 saturated heterocycles. The summed E-state index contributed by atoms with van der Waals surface area (Å²) in [5, 5.41) is 3.90. The van der Waals surface area contributed by atoms with Gasteiger partial charge in [0.1, 0.15) is 5.02 Å². The van der Waals surface area contributed by atoms with Crippen molar-refractivity contribution < 1.29 is 4.79 Å². The Kier molecular flexibility index (Phi) is 3.92. The third-order valence-electron chi connectivity index (χ3n) is 2.58. The Morgan fingerprint density at radius 3 is 2.68 bits per heavy atom. The second kappa shape index (κ2) is 5.63. The molecule has 5 heteroatoms. The Morgan fingerprint density at radius 2 is 2.00 bits per heavy atom. The highest BCUT2D eigenvalue weighted by molar-refractivity contribution is 6.31. The smallest absolute Gasteiger partial charge is 0.285 e. The fraction of sp³-hybridized carbons (Fsp3) is 0.0714. The molecule has 0 atom stereocenters. The lowest BCUT2D eigenvalue weighted by Gasteiger charge is -2.00. The predicted octanol–water partition coefficient (Wildman–Crippen LogP) is 2.33. The molecule has 4 nitrogen and oxygen atoms in total. The van der Waals surface area contributed by atoms with E-state index in [1.807, 2.05) is 6.07 Å². The van der Waals surface area contributed by atoms with E-state index in [0.717, 1.165) is 4.68 Å². The highest BCUT2D eigenvalue weighted by Crippen LogP contribution is 2.11. The number of halogens is 1. The molecule has 0 bridgehead atoms. The predicted molar refractivity (Wildman–Crippen MR) is 74.3 cm³/mol. The van der Waals surface area contributed by atoms with E-state index in [4.69, 9.17) is 11.6 Å². The second-order valence-corrected chi connectivity index (χ2v) is 4.28. The summed E-state index contributed by atoms with van der Waals surface area (Å²) in [6.07, 6.45) is 4.31. The first-order chi connectivity index (χ1) is 9.09. The molecule has 0 saturated carbocycles. The SMILES string of the molecule is Cn1ncc(/C=C\C(=O)c2ccccc2)c(Cl)c1=O. The van der Waals surface area contributed by atoms with Crippen LogP contribution >= 0.6 is 11.6 Å². The maximum absolute atomic E-state index is 11.8. The molecule has 96 valence electrons. The van der Waals surface area contributed by atoms with Crippen molar-refractivity contribution in [1.82, 2.24) is 9.78 Å². The van der Waals surface area contributed by atoms with Gasteiger partial charge in [0.05, 0.1) is 6.20 Å². The molecule has 0 radical (unpaired) electrons. The molecule has 1 aromatic carbocycles. The molecule has 0 spiro atoms. The van der Waals surface area contributed by atoms with E-state index in [1.165, 1.54) is 25.4 Å². The molecule has 0 aliphatic heterocycles. The van der Waals surface area contributed by atoms with E-state index in [9.17, 15) is 9.59 Å². The number of aromatic nitrogens is 2. The van der Waals surface area contributed by atoms with Crippen molar-refractivity contribution in [3.63, 3.8) is 0 Å². The molecule has 1 aromatic heterocycles. The second-order valence-electron chi connectivity index (χ2n) is 3.91. The Morgan fingerprint density at radius 1 is 1.32 bits per heavy atom. The van der Waals surface area contributed by atoms with Gasteiger partial charge in [-0.3, -0.25) is 9.59 Å². The molecule has 0 N–H and O–H groups in total. The first-order valence-corrected chi connectivity index (χ1v) is 5.96. The monoisotopic (exact) mass is 274 g/mol. The maximum Gasteiger partial charge on any atom is 0.285 e. The molecule has 0 aliphatic carbocycles. The lowest BCUT2D eigenvalue weighted by molar-refractivity contribution is 0.104. The summed E-state index contributed by atoms with van der Waals surface area (Å²) < 4.78 is 1.14. The van der Waals surface area contributed by atoms with Crippen LogP contribution in [0.15, 0.2) is 47.4 Å². The van der Waals surface area contributed by atoms with E-state index in [0.29, 0.717) is 11.1 Å². The standard InChI is InChI=1S/C14H11ClN2O2/c1-17-14(19)13(15)11(9-16-17)7-8-12(18)10-5-3-2-4-6-10/h2-9H,1H3/b8-7-. The number of hydrogen-bond acceptors (Lipinski definition) is 3. The summed E-state index contributed by atoms with van der Waals surface area (Å²) in [5.41, 5.74) is 0.608. The fourth-order valence-electron chi connectivity index (χ4n) is 1.50. The van der Waals surface area contributed by atoms with E-state index in [-0.39, 0.29) is 10.8 Å². The zero-order valence-electron chi connectivity index (χ0n) is 10.2. The average molecular weight is 275 g/mol. The van der Waals surface area contributed by atoms with Crippen LogP contribution < -0.4 is 5.56 Å². The number of rotatable bonds is 3. The van der Waals surface area contributed by atoms with Gasteiger partial charge in [0, 0.05) is 18.2 Å². The van der Waals surface area contributed by atoms with Gasteiger partial charge in [-0.1, -0.05) is 41.9 Å². The number of allylic oxidation sites excluding steroid dienone is 1. The molecule has 19 heavy (non-hydrogen) atoms. The summed E-state index contributed by atoms with van der Waals surface area (Å²) in [4.78, 5) is 23.4. The minimum Gasteiger partial charge on any atom is -0.289 e. The lowest BCUT2D eigenvalue weighted by atomic mass is 10.1. The summed E-state index contributed by atoms with van der Waals surface area (Å²) in [6, 6.07) is 8.84. The molecular weight excluding hydrogens is 264 g/mol. The number of hydrogen-bond donors (Lipinski definition) is 0. The molecule has 2 rings (SSSR count). The van der Waals surface area contributed by atoms with Crippen LogP contribution in [0.25, 0.3) is 6.08 Å². The van der Waals surface area contributed by atoms with E-state index in [1.54, 1.807) is 24.3 Å². The highest BCUT2D eigenvalue weighted by atomic mass is 35.5. The highest BCUT2D eigenvalue weighted by Gasteiger charge is 2.05. The Labute approximate surface area is 115 Å². The normalized spacial score (nSPS) is 10.8. The van der Waals surface area contributed by atoms with Crippen LogP contribution in [0.5, 0.6) is 0 Å². The van der Waals surface area contributed by atoms with Gasteiger partial charge in [0.2, 0.25) is 0 Å². The summed E-state index contributed by atoms with van der Waals surface area (Å²) in [5.74, 6) is -0.155. The molecule has 0 amide bonds. The Hall–Kier alpha value is -2.20. The van der Waals surface area contributed by atoms with Crippen molar-refractivity contribution in [2.75, 3.05) is 0 Å². The van der Waals surface area contributed by atoms with Gasteiger partial charge in [-0.2, -0.15) is 5.10 Å². The van der Waals surface area contributed by atoms with Crippen molar-refractivity contribution in [2.24, 2.45) is 7.05 Å². The van der Waals surface area contributed by atoms with Crippen LogP contribution in [0.2, 0.25) is 5.02 Å². The quantitative estimate of drug-likeness (QED) is 0.638. The van der Waals surface area contributed by atoms with Crippen molar-refractivity contribution in [2.45, 2.75) is 0 Å². The minimum atomic E-state index is -0.393. The zero-order valence-corrected chi connectivity index (χ0v) is 11.0. The number of benzene rings is 1. The first kappa shape index (κ1) is 13.2. The molecule has 1 heterocycles. The van der Waals surface area contributed by atoms with Gasteiger partial charge in [-0.25, -0.2) is 4.68 Å². The van der Waals surface area contributed by atoms with Crippen LogP contribution in [-0.4, -0.2) is 15.6 Å². The van der Waals surface area contributed by atoms with Crippen LogP contribution in [0.4, 0.5) is 0 Å². The molecule has 0 aliphatic rings. The van der Waals surface area contributed by atoms with E-state index in [2.05, 4.69) is 5.10 Å². The number of carbonyl (C=O) groups excluding carboxylic acids is 1. The Bertz CT molecular complexity index is 690. The molecular formula is C14H11ClN2O2. The van der Waals surface area contributed by atoms with Gasteiger partial charge in [-0.15, -0.1) is 0 Å². The zero-order chi connectivity index (χ0) is 13.8. The number of ketones is 1. The topological polar surface area (TPSA) is 52.0 Å². The van der Waals surface area contributed by atoms with Crippen molar-refractivity contribution >= 4 is 23.5 Å². The first-order valence-electron chi connectivity index (χ1n) is 5.59. The molecule has 2 aromatic rings. The van der Waals surface area contributed by atoms with E-state index < -0.39 is 5.56 Å². The molecule has 0 fully saturated rings. The Balaban J connectivity index is 2.27. The number of aryl methyl sites for hydroxylation is 1. The van der Waals surface area contributed by atoms with Gasteiger partial charge < -0.3 is 0 Å². The fourth-order valence-corrected chi connectivity index (χ4v) is 1.74. The van der Waals surface area contributed by atoms with Crippen molar-refractivity contribution in [3.8, 4) is 0 Å². The minimum absolute atomic E-state index is 0.0506. The van der Waals surface area contributed by atoms with Crippen LogP contribution in [-0.2, 0) is 7.05 Å². The van der Waals surface area contributed by atoms with Gasteiger partial charge >= 0.3 is 0 Å². The summed E-state index contributed by atoms with van der Waals surface area (Å²) >= 11 is 5.89. The van der Waals surface area contributed by atoms with Gasteiger partial charge in [0.25, 0.3) is 5.56 Å². The third-order valence-corrected chi connectivity index (χ3v) is 2.96. The molecule has 0 unspecified atom stereocenters. The third kappa shape index (κ3) is 2.98. The average Bonchev–Trinajstić information content (AvgIpc) is 2.45. The maximum atomic E-state index is 11.8. The van der Waals surface area contributed by atoms with Gasteiger partial charge in [-0.05, 0) is 12.2 Å². The van der Waals surface area contributed by atoms with Crippen LogP contribution in [0.3, 0.4) is 0 Å². The summed E-state index contributed by atoms with van der Waals surface area (Å²) in [7, 11) is 1.51.